The lowest BCUT2D eigenvalue weighted by molar-refractivity contribution is 0.672. The first-order chi connectivity index (χ1) is 25.8. The summed E-state index contributed by atoms with van der Waals surface area (Å²) in [6.07, 6.45) is 8.01. The van der Waals surface area contributed by atoms with Crippen molar-refractivity contribution in [1.29, 1.82) is 0 Å². The Bertz CT molecular complexity index is 2820. The molecule has 52 heavy (non-hydrogen) atoms. The van der Waals surface area contributed by atoms with Gasteiger partial charge in [0.25, 0.3) is 0 Å². The number of fused-ring (bicyclic) bond motifs is 6. The van der Waals surface area contributed by atoms with Crippen LogP contribution in [-0.4, -0.2) is 0 Å². The average Bonchev–Trinajstić information content (AvgIpc) is 3.61. The largest absolute Gasteiger partial charge is 0.455 e. The Morgan fingerprint density at radius 2 is 1.13 bits per heavy atom. The molecule has 0 saturated heterocycles. The second-order valence-corrected chi connectivity index (χ2v) is 13.6. The van der Waals surface area contributed by atoms with Crippen LogP contribution in [0, 0.1) is 0 Å². The van der Waals surface area contributed by atoms with Crippen molar-refractivity contribution in [2.24, 2.45) is 0 Å². The van der Waals surface area contributed by atoms with E-state index in [0.29, 0.717) is 0 Å². The summed E-state index contributed by atoms with van der Waals surface area (Å²) < 4.78 is 6.89. The molecule has 8 aromatic carbocycles. The van der Waals surface area contributed by atoms with Gasteiger partial charge < -0.3 is 9.32 Å². The number of hydrogen-bond acceptors (Lipinski definition) is 2. The molecule has 1 heterocycles. The Kier molecular flexibility index (Phi) is 7.32. The molecule has 0 amide bonds. The van der Waals surface area contributed by atoms with Gasteiger partial charge >= 0.3 is 0 Å². The summed E-state index contributed by atoms with van der Waals surface area (Å²) in [4.78, 5) is 2.45. The molecule has 1 aromatic heterocycles. The number of para-hydroxylation sites is 1. The minimum absolute atomic E-state index is 0.242. The average molecular weight is 666 g/mol. The molecule has 1 unspecified atom stereocenters. The monoisotopic (exact) mass is 665 g/mol. The van der Waals surface area contributed by atoms with Crippen LogP contribution in [0.3, 0.4) is 0 Å². The number of benzene rings is 8. The Morgan fingerprint density at radius 3 is 1.94 bits per heavy atom. The lowest BCUT2D eigenvalue weighted by Crippen LogP contribution is -2.12. The van der Waals surface area contributed by atoms with E-state index in [-0.39, 0.29) is 5.92 Å². The van der Waals surface area contributed by atoms with Crippen LogP contribution < -0.4 is 4.90 Å². The van der Waals surface area contributed by atoms with Gasteiger partial charge in [-0.3, -0.25) is 0 Å². The van der Waals surface area contributed by atoms with Gasteiger partial charge in [0.2, 0.25) is 0 Å². The highest BCUT2D eigenvalue weighted by atomic mass is 16.3. The molecule has 2 heteroatoms. The first kappa shape index (κ1) is 30.2. The van der Waals surface area contributed by atoms with Crippen molar-refractivity contribution in [3.8, 4) is 11.1 Å². The molecule has 0 N–H and O–H groups in total. The van der Waals surface area contributed by atoms with E-state index >= 15 is 0 Å². The number of nitrogens with zero attached hydrogens (tertiary/aromatic N) is 1. The first-order valence-electron chi connectivity index (χ1n) is 18.0. The van der Waals surface area contributed by atoms with Crippen LogP contribution in [-0.2, 0) is 0 Å². The predicted molar refractivity (Wildman–Crippen MR) is 220 cm³/mol. The zero-order valence-electron chi connectivity index (χ0n) is 28.6. The van der Waals surface area contributed by atoms with Crippen molar-refractivity contribution in [3.05, 3.63) is 205 Å². The molecule has 1 aliphatic carbocycles. The second-order valence-electron chi connectivity index (χ2n) is 13.6. The van der Waals surface area contributed by atoms with Crippen molar-refractivity contribution in [1.82, 2.24) is 0 Å². The van der Waals surface area contributed by atoms with Gasteiger partial charge in [0, 0.05) is 27.6 Å². The van der Waals surface area contributed by atoms with Gasteiger partial charge in [-0.05, 0) is 69.8 Å². The molecule has 1 atom stereocenters. The molecule has 0 fully saturated rings. The van der Waals surface area contributed by atoms with Crippen molar-refractivity contribution < 1.29 is 4.42 Å². The topological polar surface area (TPSA) is 16.4 Å². The van der Waals surface area contributed by atoms with Gasteiger partial charge in [0.05, 0.1) is 22.4 Å². The van der Waals surface area contributed by atoms with Gasteiger partial charge in [0.1, 0.15) is 11.2 Å². The van der Waals surface area contributed by atoms with Gasteiger partial charge in [-0.1, -0.05) is 164 Å². The number of hydrogen-bond donors (Lipinski definition) is 0. The quantitative estimate of drug-likeness (QED) is 0.176. The maximum absolute atomic E-state index is 6.89. The first-order valence-corrected chi connectivity index (χ1v) is 18.0. The third-order valence-corrected chi connectivity index (χ3v) is 10.6. The number of anilines is 3. The summed E-state index contributed by atoms with van der Waals surface area (Å²) in [5.41, 5.74) is 11.3. The molecular formula is C50H35NO. The minimum Gasteiger partial charge on any atom is -0.455 e. The third-order valence-electron chi connectivity index (χ3n) is 10.6. The fourth-order valence-electron chi connectivity index (χ4n) is 8.17. The SMILES string of the molecule is C1=CC(c2cc3c(oc4cccc(N(c5ccccc5-c5ccccc5)c5cccc6ccccc56)c43)c3ccccc23)CC=C1c1ccccc1. The highest BCUT2D eigenvalue weighted by Gasteiger charge is 2.25. The summed E-state index contributed by atoms with van der Waals surface area (Å²) in [5, 5.41) is 7.02. The summed E-state index contributed by atoms with van der Waals surface area (Å²) in [7, 11) is 0. The predicted octanol–water partition coefficient (Wildman–Crippen LogP) is 14.2. The van der Waals surface area contributed by atoms with Gasteiger partial charge in [-0.25, -0.2) is 0 Å². The summed E-state index contributed by atoms with van der Waals surface area (Å²) in [6.45, 7) is 0. The normalized spacial score (nSPS) is 14.3. The van der Waals surface area contributed by atoms with Crippen molar-refractivity contribution in [2.45, 2.75) is 12.3 Å². The fourth-order valence-corrected chi connectivity index (χ4v) is 8.17. The highest BCUT2D eigenvalue weighted by Crippen LogP contribution is 2.49. The molecule has 0 bridgehead atoms. The van der Waals surface area contributed by atoms with E-state index in [1.165, 1.54) is 44.0 Å². The van der Waals surface area contributed by atoms with Gasteiger partial charge in [0.15, 0.2) is 0 Å². The van der Waals surface area contributed by atoms with E-state index in [1.54, 1.807) is 0 Å². The number of rotatable bonds is 6. The van der Waals surface area contributed by atoms with Crippen molar-refractivity contribution in [3.63, 3.8) is 0 Å². The standard InChI is InChI=1S/C50H35NO/c1-3-15-34(16-4-1)35-29-31-38(32-30-35)43-33-44-49-47(27-14-28-48(49)52-50(44)42-24-10-9-23-41(42)43)51(46-26-13-20-37-19-7-8-21-40(37)46)45-25-12-11-22-39(45)36-17-5-2-6-18-36/h1-31,33,38H,32H2. The Hall–Kier alpha value is -6.64. The Labute approximate surface area is 303 Å². The van der Waals surface area contributed by atoms with E-state index in [1.807, 2.05) is 0 Å². The molecule has 246 valence electrons. The zero-order chi connectivity index (χ0) is 34.4. The van der Waals surface area contributed by atoms with Crippen LogP contribution in [0.1, 0.15) is 23.5 Å². The zero-order valence-corrected chi connectivity index (χ0v) is 28.6. The molecule has 0 aliphatic heterocycles. The van der Waals surface area contributed by atoms with Crippen LogP contribution in [0.25, 0.3) is 60.2 Å². The van der Waals surface area contributed by atoms with Crippen LogP contribution in [0.4, 0.5) is 17.1 Å². The van der Waals surface area contributed by atoms with Crippen LogP contribution in [0.2, 0.25) is 0 Å². The van der Waals surface area contributed by atoms with Crippen molar-refractivity contribution in [2.75, 3.05) is 4.90 Å². The Balaban J connectivity index is 1.23. The van der Waals surface area contributed by atoms with E-state index in [0.717, 1.165) is 50.8 Å². The molecular weight excluding hydrogens is 631 g/mol. The molecule has 0 spiro atoms. The van der Waals surface area contributed by atoms with Crippen molar-refractivity contribution >= 4 is 66.1 Å². The molecule has 2 nitrogen and oxygen atoms in total. The smallest absolute Gasteiger partial charge is 0.143 e. The molecule has 0 radical (unpaired) electrons. The number of allylic oxidation sites excluding steroid dienone is 4. The van der Waals surface area contributed by atoms with Crippen LogP contribution in [0.15, 0.2) is 199 Å². The third kappa shape index (κ3) is 5.03. The van der Waals surface area contributed by atoms with Crippen LogP contribution in [0.5, 0.6) is 0 Å². The highest BCUT2D eigenvalue weighted by molar-refractivity contribution is 6.21. The lowest BCUT2D eigenvalue weighted by Gasteiger charge is -2.29. The second kappa shape index (κ2) is 12.6. The summed E-state index contributed by atoms with van der Waals surface area (Å²) >= 11 is 0. The summed E-state index contributed by atoms with van der Waals surface area (Å²) in [5.74, 6) is 0.242. The van der Waals surface area contributed by atoms with E-state index in [2.05, 4.69) is 199 Å². The molecule has 10 rings (SSSR count). The lowest BCUT2D eigenvalue weighted by atomic mass is 9.85. The van der Waals surface area contributed by atoms with Gasteiger partial charge in [-0.15, -0.1) is 0 Å². The maximum Gasteiger partial charge on any atom is 0.143 e. The van der Waals surface area contributed by atoms with E-state index in [4.69, 9.17) is 4.42 Å². The van der Waals surface area contributed by atoms with Crippen LogP contribution >= 0.6 is 0 Å². The fraction of sp³-hybridized carbons (Fsp3) is 0.0400. The molecule has 0 saturated carbocycles. The van der Waals surface area contributed by atoms with E-state index in [9.17, 15) is 0 Å². The maximum atomic E-state index is 6.89. The van der Waals surface area contributed by atoms with Gasteiger partial charge in [-0.2, -0.15) is 0 Å². The summed E-state index contributed by atoms with van der Waals surface area (Å²) in [6, 6.07) is 63.1. The van der Waals surface area contributed by atoms with E-state index < -0.39 is 0 Å². The number of furan rings is 1. The molecule has 1 aliphatic rings. The minimum atomic E-state index is 0.242. The Morgan fingerprint density at radius 1 is 0.500 bits per heavy atom. The molecule has 9 aromatic rings.